The van der Waals surface area contributed by atoms with E-state index in [0.29, 0.717) is 5.56 Å². The van der Waals surface area contributed by atoms with Crippen molar-refractivity contribution < 1.29 is 22.3 Å². The van der Waals surface area contributed by atoms with Crippen LogP contribution in [0.5, 0.6) is 11.5 Å². The van der Waals surface area contributed by atoms with Crippen LogP contribution in [0.25, 0.3) is 0 Å². The van der Waals surface area contributed by atoms with E-state index in [9.17, 15) is 17.6 Å². The highest BCUT2D eigenvalue weighted by Crippen LogP contribution is 2.38. The molecule has 20 heavy (non-hydrogen) atoms. The van der Waals surface area contributed by atoms with Crippen LogP contribution in [0.1, 0.15) is 11.1 Å². The van der Waals surface area contributed by atoms with Crippen LogP contribution in [0.4, 0.5) is 17.6 Å². The van der Waals surface area contributed by atoms with E-state index >= 15 is 0 Å². The van der Waals surface area contributed by atoms with Gasteiger partial charge in [0.1, 0.15) is 17.3 Å². The van der Waals surface area contributed by atoms with Crippen LogP contribution in [-0.4, -0.2) is 0 Å². The molecule has 0 spiro atoms. The van der Waals surface area contributed by atoms with Crippen LogP contribution in [0.2, 0.25) is 0 Å². The van der Waals surface area contributed by atoms with Gasteiger partial charge >= 0.3 is 6.18 Å². The first-order chi connectivity index (χ1) is 9.40. The summed E-state index contributed by atoms with van der Waals surface area (Å²) < 4.78 is 57.0. The van der Waals surface area contributed by atoms with Crippen molar-refractivity contribution in [3.8, 4) is 11.5 Å². The molecule has 6 heteroatoms. The molecule has 0 saturated heterocycles. The molecule has 2 rings (SSSR count). The lowest BCUT2D eigenvalue weighted by atomic mass is 10.1. The maximum absolute atomic E-state index is 13.0. The number of rotatable bonds is 3. The second kappa shape index (κ2) is 5.50. The van der Waals surface area contributed by atoms with E-state index in [1.54, 1.807) is 0 Å². The highest BCUT2D eigenvalue weighted by molar-refractivity contribution is 5.42. The summed E-state index contributed by atoms with van der Waals surface area (Å²) >= 11 is 0. The van der Waals surface area contributed by atoms with E-state index < -0.39 is 17.6 Å². The fourth-order valence-corrected chi connectivity index (χ4v) is 1.67. The van der Waals surface area contributed by atoms with Gasteiger partial charge in [-0.05, 0) is 29.8 Å². The molecule has 0 atom stereocenters. The number of halogens is 4. The number of benzene rings is 2. The zero-order valence-electron chi connectivity index (χ0n) is 10.2. The van der Waals surface area contributed by atoms with Crippen molar-refractivity contribution in [2.24, 2.45) is 5.73 Å². The molecule has 2 nitrogen and oxygen atoms in total. The van der Waals surface area contributed by atoms with Gasteiger partial charge < -0.3 is 10.5 Å². The van der Waals surface area contributed by atoms with Crippen LogP contribution in [0.3, 0.4) is 0 Å². The first kappa shape index (κ1) is 14.3. The Morgan fingerprint density at radius 1 is 1.05 bits per heavy atom. The predicted octanol–water partition coefficient (Wildman–Crippen LogP) is 4.10. The van der Waals surface area contributed by atoms with Crippen LogP contribution < -0.4 is 10.5 Å². The summed E-state index contributed by atoms with van der Waals surface area (Å²) in [6.45, 7) is -0.0106. The average Bonchev–Trinajstić information content (AvgIpc) is 2.38. The number of ether oxygens (including phenoxy) is 1. The Hall–Kier alpha value is -2.08. The molecule has 0 aliphatic heterocycles. The standard InChI is InChI=1S/C14H11F4NO/c15-10-2-1-3-11(7-10)20-13-5-4-9(8-19)6-12(13)14(16,17)18/h1-7H,8,19H2. The maximum Gasteiger partial charge on any atom is 0.419 e. The SMILES string of the molecule is NCc1ccc(Oc2cccc(F)c2)c(C(F)(F)F)c1. The molecular formula is C14H11F4NO. The summed E-state index contributed by atoms with van der Waals surface area (Å²) in [6, 6.07) is 8.45. The molecule has 0 aromatic heterocycles. The van der Waals surface area contributed by atoms with E-state index in [-0.39, 0.29) is 18.0 Å². The van der Waals surface area contributed by atoms with Gasteiger partial charge in [0.15, 0.2) is 0 Å². The van der Waals surface area contributed by atoms with Crippen molar-refractivity contribution in [3.63, 3.8) is 0 Å². The molecule has 106 valence electrons. The molecule has 0 unspecified atom stereocenters. The van der Waals surface area contributed by atoms with Gasteiger partial charge in [-0.2, -0.15) is 13.2 Å². The lowest BCUT2D eigenvalue weighted by Gasteiger charge is -2.15. The van der Waals surface area contributed by atoms with E-state index in [1.807, 2.05) is 0 Å². The van der Waals surface area contributed by atoms with Gasteiger partial charge in [-0.25, -0.2) is 4.39 Å². The quantitative estimate of drug-likeness (QED) is 0.862. The topological polar surface area (TPSA) is 35.2 Å². The fraction of sp³-hybridized carbons (Fsp3) is 0.143. The highest BCUT2D eigenvalue weighted by atomic mass is 19.4. The summed E-state index contributed by atoms with van der Waals surface area (Å²) in [5.41, 5.74) is 4.72. The van der Waals surface area contributed by atoms with Crippen molar-refractivity contribution >= 4 is 0 Å². The van der Waals surface area contributed by atoms with Crippen molar-refractivity contribution in [2.75, 3.05) is 0 Å². The Kier molecular flexibility index (Phi) is 3.94. The summed E-state index contributed by atoms with van der Waals surface area (Å²) in [5.74, 6) is -0.981. The zero-order valence-corrected chi connectivity index (χ0v) is 10.2. The molecule has 0 amide bonds. The molecule has 0 aliphatic rings. The number of nitrogens with two attached hydrogens (primary N) is 1. The van der Waals surface area contributed by atoms with Crippen LogP contribution in [-0.2, 0) is 12.7 Å². The lowest BCUT2D eigenvalue weighted by Crippen LogP contribution is -2.09. The Balaban J connectivity index is 2.41. The third-order valence-electron chi connectivity index (χ3n) is 2.61. The first-order valence-electron chi connectivity index (χ1n) is 5.74. The van der Waals surface area contributed by atoms with E-state index in [1.165, 1.54) is 30.3 Å². The summed E-state index contributed by atoms with van der Waals surface area (Å²) in [5, 5.41) is 0. The Morgan fingerprint density at radius 3 is 2.40 bits per heavy atom. The minimum absolute atomic E-state index is 0.00371. The zero-order chi connectivity index (χ0) is 14.8. The van der Waals surface area contributed by atoms with Crippen LogP contribution in [0, 0.1) is 5.82 Å². The van der Waals surface area contributed by atoms with Crippen molar-refractivity contribution in [1.29, 1.82) is 0 Å². The van der Waals surface area contributed by atoms with E-state index in [4.69, 9.17) is 10.5 Å². The maximum atomic E-state index is 13.0. The smallest absolute Gasteiger partial charge is 0.419 e. The van der Waals surface area contributed by atoms with Crippen LogP contribution >= 0.6 is 0 Å². The average molecular weight is 285 g/mol. The second-order valence-corrected chi connectivity index (χ2v) is 4.09. The van der Waals surface area contributed by atoms with Gasteiger partial charge in [-0.1, -0.05) is 12.1 Å². The molecule has 0 aliphatic carbocycles. The van der Waals surface area contributed by atoms with Gasteiger partial charge in [-0.3, -0.25) is 0 Å². The van der Waals surface area contributed by atoms with Crippen molar-refractivity contribution in [1.82, 2.24) is 0 Å². The summed E-state index contributed by atoms with van der Waals surface area (Å²) in [6.07, 6.45) is -4.58. The minimum Gasteiger partial charge on any atom is -0.457 e. The van der Waals surface area contributed by atoms with Gasteiger partial charge in [0.2, 0.25) is 0 Å². The largest absolute Gasteiger partial charge is 0.457 e. The molecule has 2 aromatic rings. The molecule has 0 saturated carbocycles. The molecule has 0 heterocycles. The van der Waals surface area contributed by atoms with Gasteiger partial charge in [-0.15, -0.1) is 0 Å². The van der Waals surface area contributed by atoms with Gasteiger partial charge in [0.25, 0.3) is 0 Å². The first-order valence-corrected chi connectivity index (χ1v) is 5.74. The van der Waals surface area contributed by atoms with E-state index in [0.717, 1.165) is 12.1 Å². The molecule has 0 fully saturated rings. The molecule has 0 bridgehead atoms. The van der Waals surface area contributed by atoms with Gasteiger partial charge in [0.05, 0.1) is 5.56 Å². The lowest BCUT2D eigenvalue weighted by molar-refractivity contribution is -0.138. The highest BCUT2D eigenvalue weighted by Gasteiger charge is 2.34. The Bertz CT molecular complexity index is 610. The minimum atomic E-state index is -4.58. The Morgan fingerprint density at radius 2 is 1.80 bits per heavy atom. The second-order valence-electron chi connectivity index (χ2n) is 4.09. The van der Waals surface area contributed by atoms with Gasteiger partial charge in [0, 0.05) is 12.6 Å². The molecular weight excluding hydrogens is 274 g/mol. The summed E-state index contributed by atoms with van der Waals surface area (Å²) in [4.78, 5) is 0. The Labute approximate surface area is 112 Å². The monoisotopic (exact) mass is 285 g/mol. The molecule has 0 radical (unpaired) electrons. The predicted molar refractivity (Wildman–Crippen MR) is 65.8 cm³/mol. The molecule has 2 aromatic carbocycles. The number of hydrogen-bond donors (Lipinski definition) is 1. The normalized spacial score (nSPS) is 11.4. The fourth-order valence-electron chi connectivity index (χ4n) is 1.67. The summed E-state index contributed by atoms with van der Waals surface area (Å²) in [7, 11) is 0. The number of alkyl halides is 3. The van der Waals surface area contributed by atoms with Crippen LogP contribution in [0.15, 0.2) is 42.5 Å². The van der Waals surface area contributed by atoms with E-state index in [2.05, 4.69) is 0 Å². The number of hydrogen-bond acceptors (Lipinski definition) is 2. The molecule has 2 N–H and O–H groups in total. The van der Waals surface area contributed by atoms with Crippen molar-refractivity contribution in [2.45, 2.75) is 12.7 Å². The third-order valence-corrected chi connectivity index (χ3v) is 2.61. The third kappa shape index (κ3) is 3.27. The van der Waals surface area contributed by atoms with Crippen molar-refractivity contribution in [3.05, 3.63) is 59.4 Å².